The third-order valence-corrected chi connectivity index (χ3v) is 4.93. The van der Waals surface area contributed by atoms with Crippen LogP contribution in [-0.4, -0.2) is 54.8 Å². The average Bonchev–Trinajstić information content (AvgIpc) is 3.05. The Labute approximate surface area is 131 Å². The number of aliphatic carboxylic acids is 1. The van der Waals surface area contributed by atoms with Crippen molar-refractivity contribution in [2.75, 3.05) is 31.6 Å². The number of nitrogens with zero attached hydrogens (tertiary/aromatic N) is 2. The van der Waals surface area contributed by atoms with E-state index in [1.54, 1.807) is 7.11 Å². The normalized spacial score (nSPS) is 23.7. The van der Waals surface area contributed by atoms with Gasteiger partial charge in [-0.2, -0.15) is 0 Å². The third kappa shape index (κ3) is 3.04. The lowest BCUT2D eigenvalue weighted by atomic mass is 10.0. The molecule has 1 N–H and O–H groups in total. The second-order valence-corrected chi connectivity index (χ2v) is 6.15. The topological polar surface area (TPSA) is 53.0 Å². The van der Waals surface area contributed by atoms with Crippen molar-refractivity contribution in [1.82, 2.24) is 4.90 Å². The second-order valence-electron chi connectivity index (χ2n) is 6.15. The maximum Gasteiger partial charge on any atom is 0.320 e. The van der Waals surface area contributed by atoms with Gasteiger partial charge < -0.3 is 14.7 Å². The van der Waals surface area contributed by atoms with Crippen LogP contribution in [0.25, 0.3) is 0 Å². The van der Waals surface area contributed by atoms with Gasteiger partial charge in [-0.1, -0.05) is 6.07 Å². The van der Waals surface area contributed by atoms with Crippen LogP contribution < -0.4 is 9.64 Å². The molecule has 2 aliphatic heterocycles. The standard InChI is InChI=1S/C17H24N2O3/c1-22-15-5-2-4-14(12-15)18-10-7-13(8-11-18)19-9-3-6-16(19)17(20)21/h2,4-5,12-13,16H,3,6-11H2,1H3,(H,20,21)/t16-/m0/s1. The van der Waals surface area contributed by atoms with Crippen molar-refractivity contribution in [2.45, 2.75) is 37.8 Å². The van der Waals surface area contributed by atoms with E-state index in [9.17, 15) is 9.90 Å². The summed E-state index contributed by atoms with van der Waals surface area (Å²) in [5, 5.41) is 9.34. The molecule has 2 saturated heterocycles. The van der Waals surface area contributed by atoms with Gasteiger partial charge in [-0.3, -0.25) is 9.69 Å². The van der Waals surface area contributed by atoms with Gasteiger partial charge in [0.2, 0.25) is 0 Å². The number of ether oxygens (including phenoxy) is 1. The first-order valence-electron chi connectivity index (χ1n) is 8.06. The number of carboxylic acids is 1. The van der Waals surface area contributed by atoms with Crippen LogP contribution in [0, 0.1) is 0 Å². The van der Waals surface area contributed by atoms with Crippen molar-refractivity contribution >= 4 is 11.7 Å². The monoisotopic (exact) mass is 304 g/mol. The summed E-state index contributed by atoms with van der Waals surface area (Å²) < 4.78 is 5.29. The van der Waals surface area contributed by atoms with E-state index in [0.29, 0.717) is 6.04 Å². The molecule has 1 atom stereocenters. The minimum absolute atomic E-state index is 0.270. The predicted molar refractivity (Wildman–Crippen MR) is 85.6 cm³/mol. The van der Waals surface area contributed by atoms with Crippen LogP contribution in [0.1, 0.15) is 25.7 Å². The van der Waals surface area contributed by atoms with Gasteiger partial charge in [0.1, 0.15) is 11.8 Å². The van der Waals surface area contributed by atoms with E-state index in [0.717, 1.165) is 51.1 Å². The maximum absolute atomic E-state index is 11.3. The summed E-state index contributed by atoms with van der Waals surface area (Å²) in [4.78, 5) is 15.9. The quantitative estimate of drug-likeness (QED) is 0.924. The van der Waals surface area contributed by atoms with Crippen LogP contribution in [0.2, 0.25) is 0 Å². The molecule has 0 saturated carbocycles. The summed E-state index contributed by atoms with van der Waals surface area (Å²) in [5.74, 6) is 0.220. The van der Waals surface area contributed by atoms with Gasteiger partial charge in [0.25, 0.3) is 0 Å². The van der Waals surface area contributed by atoms with Crippen LogP contribution in [0.15, 0.2) is 24.3 Å². The fourth-order valence-corrected chi connectivity index (χ4v) is 3.75. The Kier molecular flexibility index (Phi) is 4.52. The zero-order valence-electron chi connectivity index (χ0n) is 13.1. The first-order valence-corrected chi connectivity index (χ1v) is 8.06. The first-order chi connectivity index (χ1) is 10.7. The number of hydrogen-bond acceptors (Lipinski definition) is 4. The van der Waals surface area contributed by atoms with Gasteiger partial charge in [-0.15, -0.1) is 0 Å². The van der Waals surface area contributed by atoms with Crippen LogP contribution >= 0.6 is 0 Å². The van der Waals surface area contributed by atoms with E-state index in [-0.39, 0.29) is 6.04 Å². The van der Waals surface area contributed by atoms with Gasteiger partial charge in [0.05, 0.1) is 7.11 Å². The highest BCUT2D eigenvalue weighted by Gasteiger charge is 2.36. The number of rotatable bonds is 4. The number of carbonyl (C=O) groups is 1. The van der Waals surface area contributed by atoms with E-state index in [4.69, 9.17) is 4.74 Å². The molecule has 3 rings (SSSR count). The van der Waals surface area contributed by atoms with Crippen molar-refractivity contribution in [1.29, 1.82) is 0 Å². The average molecular weight is 304 g/mol. The molecule has 1 aromatic carbocycles. The number of methoxy groups -OCH3 is 1. The lowest BCUT2D eigenvalue weighted by Crippen LogP contribution is -2.48. The highest BCUT2D eigenvalue weighted by molar-refractivity contribution is 5.73. The number of hydrogen-bond donors (Lipinski definition) is 1. The Morgan fingerprint density at radius 2 is 2.00 bits per heavy atom. The Balaban J connectivity index is 1.61. The molecule has 5 nitrogen and oxygen atoms in total. The fraction of sp³-hybridized carbons (Fsp3) is 0.588. The van der Waals surface area contributed by atoms with Crippen LogP contribution in [0.4, 0.5) is 5.69 Å². The Bertz CT molecular complexity index is 526. The van der Waals surface area contributed by atoms with Crippen LogP contribution in [0.3, 0.4) is 0 Å². The summed E-state index contributed by atoms with van der Waals surface area (Å²) in [6.45, 7) is 2.88. The predicted octanol–water partition coefficient (Wildman–Crippen LogP) is 2.21. The van der Waals surface area contributed by atoms with Crippen molar-refractivity contribution in [3.8, 4) is 5.75 Å². The van der Waals surface area contributed by atoms with E-state index >= 15 is 0 Å². The molecule has 22 heavy (non-hydrogen) atoms. The van der Waals surface area contributed by atoms with Gasteiger partial charge in [0.15, 0.2) is 0 Å². The minimum Gasteiger partial charge on any atom is -0.497 e. The number of anilines is 1. The van der Waals surface area contributed by atoms with E-state index in [1.807, 2.05) is 12.1 Å². The molecule has 2 fully saturated rings. The van der Waals surface area contributed by atoms with Crippen molar-refractivity contribution in [3.05, 3.63) is 24.3 Å². The zero-order valence-corrected chi connectivity index (χ0v) is 13.1. The fourth-order valence-electron chi connectivity index (χ4n) is 3.75. The molecule has 0 bridgehead atoms. The zero-order chi connectivity index (χ0) is 15.5. The van der Waals surface area contributed by atoms with Gasteiger partial charge in [-0.25, -0.2) is 0 Å². The molecule has 2 heterocycles. The van der Waals surface area contributed by atoms with Crippen molar-refractivity contribution in [2.24, 2.45) is 0 Å². The van der Waals surface area contributed by atoms with Crippen molar-refractivity contribution < 1.29 is 14.6 Å². The molecule has 2 aliphatic rings. The van der Waals surface area contributed by atoms with Crippen molar-refractivity contribution in [3.63, 3.8) is 0 Å². The lowest BCUT2D eigenvalue weighted by Gasteiger charge is -2.39. The molecule has 5 heteroatoms. The number of carboxylic acid groups (broad SMARTS) is 1. The van der Waals surface area contributed by atoms with Gasteiger partial charge in [0, 0.05) is 30.9 Å². The van der Waals surface area contributed by atoms with Crippen LogP contribution in [0.5, 0.6) is 5.75 Å². The number of piperidine rings is 1. The van der Waals surface area contributed by atoms with Crippen LogP contribution in [-0.2, 0) is 4.79 Å². The van der Waals surface area contributed by atoms with E-state index < -0.39 is 5.97 Å². The Hall–Kier alpha value is -1.75. The first kappa shape index (κ1) is 15.2. The smallest absolute Gasteiger partial charge is 0.320 e. The number of benzene rings is 1. The molecule has 0 radical (unpaired) electrons. The molecule has 0 amide bonds. The molecular weight excluding hydrogens is 280 g/mol. The second kappa shape index (κ2) is 6.57. The highest BCUT2D eigenvalue weighted by atomic mass is 16.5. The summed E-state index contributed by atoms with van der Waals surface area (Å²) in [6.07, 6.45) is 3.86. The van der Waals surface area contributed by atoms with Gasteiger partial charge >= 0.3 is 5.97 Å². The Morgan fingerprint density at radius 1 is 1.23 bits per heavy atom. The molecule has 0 unspecified atom stereocenters. The highest BCUT2D eigenvalue weighted by Crippen LogP contribution is 2.29. The SMILES string of the molecule is COc1cccc(N2CCC(N3CCC[C@H]3C(=O)O)CC2)c1. The lowest BCUT2D eigenvalue weighted by molar-refractivity contribution is -0.143. The molecule has 0 spiro atoms. The third-order valence-electron chi connectivity index (χ3n) is 4.93. The largest absolute Gasteiger partial charge is 0.497 e. The number of likely N-dealkylation sites (tertiary alicyclic amines) is 1. The summed E-state index contributed by atoms with van der Waals surface area (Å²) in [5.41, 5.74) is 1.19. The molecule has 120 valence electrons. The van der Waals surface area contributed by atoms with Gasteiger partial charge in [-0.05, 0) is 44.4 Å². The maximum atomic E-state index is 11.3. The summed E-state index contributed by atoms with van der Waals surface area (Å²) in [6, 6.07) is 8.28. The molecule has 0 aromatic heterocycles. The van der Waals surface area contributed by atoms with E-state index in [2.05, 4.69) is 21.9 Å². The summed E-state index contributed by atoms with van der Waals surface area (Å²) >= 11 is 0. The van der Waals surface area contributed by atoms with E-state index in [1.165, 1.54) is 5.69 Å². The minimum atomic E-state index is -0.660. The molecule has 0 aliphatic carbocycles. The molecule has 1 aromatic rings. The molecular formula is C17H24N2O3. The summed E-state index contributed by atoms with van der Waals surface area (Å²) in [7, 11) is 1.69. The Morgan fingerprint density at radius 3 is 2.68 bits per heavy atom.